The van der Waals surface area contributed by atoms with Gasteiger partial charge in [-0.3, -0.25) is 19.3 Å². The Morgan fingerprint density at radius 3 is 2.71 bits per heavy atom. The van der Waals surface area contributed by atoms with Gasteiger partial charge in [0.25, 0.3) is 5.56 Å². The number of amides is 1. The van der Waals surface area contributed by atoms with Gasteiger partial charge in [-0.25, -0.2) is 4.98 Å². The summed E-state index contributed by atoms with van der Waals surface area (Å²) in [7, 11) is 0. The molecule has 0 spiro atoms. The molecule has 14 heavy (non-hydrogen) atoms. The third-order valence-electron chi connectivity index (χ3n) is 1.93. The molecule has 1 fully saturated rings. The number of aromatic nitrogens is 2. The number of anilines is 1. The van der Waals surface area contributed by atoms with E-state index >= 15 is 0 Å². The minimum Gasteiger partial charge on any atom is -0.324 e. The molecule has 0 radical (unpaired) electrons. The molecular weight excluding hydrogens is 186 g/mol. The number of hydrogen-bond donors (Lipinski definition) is 1. The van der Waals surface area contributed by atoms with Crippen LogP contribution in [0, 0.1) is 0 Å². The maximum absolute atomic E-state index is 11.2. The number of ketones is 1. The summed E-state index contributed by atoms with van der Waals surface area (Å²) in [4.78, 5) is 40.7. The van der Waals surface area contributed by atoms with Crippen LogP contribution in [-0.2, 0) is 9.59 Å². The van der Waals surface area contributed by atoms with E-state index in [1.54, 1.807) is 0 Å². The molecule has 1 aromatic rings. The Bertz CT molecular complexity index is 451. The van der Waals surface area contributed by atoms with E-state index in [1.807, 2.05) is 0 Å². The zero-order valence-corrected chi connectivity index (χ0v) is 7.19. The van der Waals surface area contributed by atoms with E-state index in [-0.39, 0.29) is 30.5 Å². The van der Waals surface area contributed by atoms with Crippen LogP contribution in [0.2, 0.25) is 0 Å². The van der Waals surface area contributed by atoms with Gasteiger partial charge in [-0.05, 0) is 0 Å². The second-order valence-corrected chi connectivity index (χ2v) is 2.94. The summed E-state index contributed by atoms with van der Waals surface area (Å²) >= 11 is 0. The molecule has 1 aliphatic heterocycles. The molecule has 1 aliphatic rings. The Kier molecular flexibility index (Phi) is 1.88. The minimum atomic E-state index is -0.462. The summed E-state index contributed by atoms with van der Waals surface area (Å²) in [6, 6.07) is 0. The third kappa shape index (κ3) is 1.30. The molecule has 72 valence electrons. The SMILES string of the molecule is O=C1CC(=O)N(c2ncc[nH]c2=O)C1. The lowest BCUT2D eigenvalue weighted by Crippen LogP contribution is -2.31. The molecule has 1 saturated heterocycles. The Labute approximate surface area is 78.6 Å². The summed E-state index contributed by atoms with van der Waals surface area (Å²) in [6.45, 7) is -0.0566. The van der Waals surface area contributed by atoms with E-state index in [2.05, 4.69) is 9.97 Å². The average Bonchev–Trinajstić information content (AvgIpc) is 2.46. The summed E-state index contributed by atoms with van der Waals surface area (Å²) in [5.74, 6) is -0.581. The highest BCUT2D eigenvalue weighted by Gasteiger charge is 2.30. The zero-order chi connectivity index (χ0) is 10.1. The predicted octanol–water partition coefficient (Wildman–Crippen LogP) is -0.924. The molecule has 2 heterocycles. The van der Waals surface area contributed by atoms with Crippen molar-refractivity contribution in [2.75, 3.05) is 11.4 Å². The number of H-pyrrole nitrogens is 1. The number of nitrogens with one attached hydrogen (secondary N) is 1. The lowest BCUT2D eigenvalue weighted by Gasteiger charge is -2.10. The minimum absolute atomic E-state index is 0.0108. The molecule has 0 unspecified atom stereocenters. The van der Waals surface area contributed by atoms with Gasteiger partial charge in [0.2, 0.25) is 11.7 Å². The van der Waals surface area contributed by atoms with Crippen LogP contribution in [0.3, 0.4) is 0 Å². The first-order valence-corrected chi connectivity index (χ1v) is 4.04. The van der Waals surface area contributed by atoms with Gasteiger partial charge < -0.3 is 4.98 Å². The number of carbonyl (C=O) groups is 2. The van der Waals surface area contributed by atoms with Gasteiger partial charge in [0.15, 0.2) is 5.78 Å². The Hall–Kier alpha value is -1.98. The van der Waals surface area contributed by atoms with Crippen LogP contribution >= 0.6 is 0 Å². The normalized spacial score (nSPS) is 16.4. The third-order valence-corrected chi connectivity index (χ3v) is 1.93. The monoisotopic (exact) mass is 193 g/mol. The number of carbonyl (C=O) groups excluding carboxylic acids is 2. The highest BCUT2D eigenvalue weighted by atomic mass is 16.2. The van der Waals surface area contributed by atoms with Crippen molar-refractivity contribution >= 4 is 17.5 Å². The quantitative estimate of drug-likeness (QED) is 0.584. The lowest BCUT2D eigenvalue weighted by molar-refractivity contribution is -0.121. The van der Waals surface area contributed by atoms with E-state index in [4.69, 9.17) is 0 Å². The summed E-state index contributed by atoms with van der Waals surface area (Å²) in [5, 5.41) is 0. The lowest BCUT2D eigenvalue weighted by atomic mass is 10.3. The first-order valence-electron chi connectivity index (χ1n) is 4.04. The zero-order valence-electron chi connectivity index (χ0n) is 7.19. The molecule has 0 saturated carbocycles. The molecule has 0 atom stereocenters. The summed E-state index contributed by atoms with van der Waals surface area (Å²) in [5.41, 5.74) is -0.462. The highest BCUT2D eigenvalue weighted by Crippen LogP contribution is 2.11. The first kappa shape index (κ1) is 8.61. The number of nitrogens with zero attached hydrogens (tertiary/aromatic N) is 2. The topological polar surface area (TPSA) is 83.1 Å². The van der Waals surface area contributed by atoms with Crippen LogP contribution in [0.4, 0.5) is 5.82 Å². The van der Waals surface area contributed by atoms with Crippen LogP contribution in [0.25, 0.3) is 0 Å². The molecule has 0 aromatic carbocycles. The van der Waals surface area contributed by atoms with Gasteiger partial charge in [-0.2, -0.15) is 0 Å². The van der Waals surface area contributed by atoms with Gasteiger partial charge in [-0.1, -0.05) is 0 Å². The van der Waals surface area contributed by atoms with E-state index in [1.165, 1.54) is 12.4 Å². The molecular formula is C8H7N3O3. The van der Waals surface area contributed by atoms with E-state index in [0.717, 1.165) is 4.90 Å². The fourth-order valence-corrected chi connectivity index (χ4v) is 1.31. The Balaban J connectivity index is 2.41. The molecule has 1 N–H and O–H groups in total. The fourth-order valence-electron chi connectivity index (χ4n) is 1.31. The molecule has 1 aromatic heterocycles. The highest BCUT2D eigenvalue weighted by molar-refractivity contribution is 6.14. The number of Topliss-reactive ketones (excluding diaryl/α,β-unsaturated/α-hetero) is 1. The van der Waals surface area contributed by atoms with Gasteiger partial charge >= 0.3 is 0 Å². The molecule has 0 aliphatic carbocycles. The maximum Gasteiger partial charge on any atom is 0.291 e. The number of hydrogen-bond acceptors (Lipinski definition) is 4. The Morgan fingerprint density at radius 1 is 1.36 bits per heavy atom. The van der Waals surface area contributed by atoms with Gasteiger partial charge in [0.05, 0.1) is 13.0 Å². The van der Waals surface area contributed by atoms with Crippen molar-refractivity contribution < 1.29 is 9.59 Å². The fraction of sp³-hybridized carbons (Fsp3) is 0.250. The van der Waals surface area contributed by atoms with Crippen LogP contribution in [0.15, 0.2) is 17.2 Å². The van der Waals surface area contributed by atoms with Crippen LogP contribution in [-0.4, -0.2) is 28.2 Å². The van der Waals surface area contributed by atoms with Crippen LogP contribution < -0.4 is 10.5 Å². The van der Waals surface area contributed by atoms with Crippen molar-refractivity contribution in [3.63, 3.8) is 0 Å². The first-order chi connectivity index (χ1) is 6.68. The maximum atomic E-state index is 11.2. The van der Waals surface area contributed by atoms with Gasteiger partial charge in [-0.15, -0.1) is 0 Å². The van der Waals surface area contributed by atoms with Crippen molar-refractivity contribution in [3.05, 3.63) is 22.7 Å². The number of aromatic amines is 1. The smallest absolute Gasteiger partial charge is 0.291 e. The van der Waals surface area contributed by atoms with Gasteiger partial charge in [0.1, 0.15) is 0 Å². The van der Waals surface area contributed by atoms with Crippen LogP contribution in [0.5, 0.6) is 0 Å². The summed E-state index contributed by atoms with van der Waals surface area (Å²) < 4.78 is 0. The molecule has 6 nitrogen and oxygen atoms in total. The average molecular weight is 193 g/mol. The van der Waals surface area contributed by atoms with E-state index < -0.39 is 5.56 Å². The molecule has 1 amide bonds. The number of rotatable bonds is 1. The standard InChI is InChI=1S/C8H7N3O3/c12-5-3-6(13)11(4-5)7-8(14)10-2-1-9-7/h1-2H,3-4H2,(H,10,14). The second kappa shape index (κ2) is 3.06. The van der Waals surface area contributed by atoms with Crippen molar-refractivity contribution in [1.82, 2.24) is 9.97 Å². The molecule has 2 rings (SSSR count). The van der Waals surface area contributed by atoms with Gasteiger partial charge in [0, 0.05) is 12.4 Å². The summed E-state index contributed by atoms with van der Waals surface area (Å²) in [6.07, 6.45) is 2.59. The van der Waals surface area contributed by atoms with E-state index in [0.29, 0.717) is 0 Å². The van der Waals surface area contributed by atoms with E-state index in [9.17, 15) is 14.4 Å². The second-order valence-electron chi connectivity index (χ2n) is 2.94. The largest absolute Gasteiger partial charge is 0.324 e. The van der Waals surface area contributed by atoms with Crippen molar-refractivity contribution in [2.24, 2.45) is 0 Å². The van der Waals surface area contributed by atoms with Crippen molar-refractivity contribution in [1.29, 1.82) is 0 Å². The predicted molar refractivity (Wildman–Crippen MR) is 46.8 cm³/mol. The molecule has 6 heteroatoms. The molecule has 0 bridgehead atoms. The van der Waals surface area contributed by atoms with Crippen LogP contribution in [0.1, 0.15) is 6.42 Å². The van der Waals surface area contributed by atoms with Crippen molar-refractivity contribution in [3.8, 4) is 0 Å². The van der Waals surface area contributed by atoms with Crippen molar-refractivity contribution in [2.45, 2.75) is 6.42 Å². The Morgan fingerprint density at radius 2 is 2.14 bits per heavy atom.